The Balaban J connectivity index is 1.88. The number of carbonyl (C=O) groups excluding carboxylic acids is 1. The molecular formula is C17H22N4O. The maximum atomic E-state index is 12.1. The fourth-order valence-electron chi connectivity index (χ4n) is 2.19. The first-order valence-corrected chi connectivity index (χ1v) is 7.63. The van der Waals surface area contributed by atoms with E-state index in [0.717, 1.165) is 13.0 Å². The first kappa shape index (κ1) is 15.9. The Morgan fingerprint density at radius 2 is 1.73 bits per heavy atom. The molecule has 0 fully saturated rings. The van der Waals surface area contributed by atoms with E-state index in [4.69, 9.17) is 0 Å². The molecule has 0 saturated carbocycles. The SMILES string of the molecule is CCN(CC)C(=O)c1cnc(NCCc2ccccc2)nc1. The predicted octanol–water partition coefficient (Wildman–Crippen LogP) is 2.61. The van der Waals surface area contributed by atoms with Gasteiger partial charge in [0.1, 0.15) is 0 Å². The molecule has 1 N–H and O–H groups in total. The number of anilines is 1. The monoisotopic (exact) mass is 298 g/mol. The molecule has 2 rings (SSSR count). The van der Waals surface area contributed by atoms with Crippen molar-refractivity contribution >= 4 is 11.9 Å². The summed E-state index contributed by atoms with van der Waals surface area (Å²) in [5.41, 5.74) is 1.79. The van der Waals surface area contributed by atoms with E-state index in [-0.39, 0.29) is 5.91 Å². The summed E-state index contributed by atoms with van der Waals surface area (Å²) in [6.07, 6.45) is 4.07. The molecule has 0 spiro atoms. The molecule has 0 radical (unpaired) electrons. The van der Waals surface area contributed by atoms with Gasteiger partial charge in [-0.2, -0.15) is 0 Å². The van der Waals surface area contributed by atoms with Crippen molar-refractivity contribution in [1.29, 1.82) is 0 Å². The third-order valence-corrected chi connectivity index (χ3v) is 3.49. The quantitative estimate of drug-likeness (QED) is 0.853. The van der Waals surface area contributed by atoms with Gasteiger partial charge in [-0.25, -0.2) is 9.97 Å². The van der Waals surface area contributed by atoms with Crippen LogP contribution in [0.25, 0.3) is 0 Å². The van der Waals surface area contributed by atoms with Crippen molar-refractivity contribution in [1.82, 2.24) is 14.9 Å². The number of aromatic nitrogens is 2. The van der Waals surface area contributed by atoms with E-state index in [1.165, 1.54) is 5.56 Å². The lowest BCUT2D eigenvalue weighted by atomic mass is 10.1. The second-order valence-electron chi connectivity index (χ2n) is 4.94. The van der Waals surface area contributed by atoms with Crippen molar-refractivity contribution in [2.24, 2.45) is 0 Å². The molecule has 5 heteroatoms. The predicted molar refractivity (Wildman–Crippen MR) is 87.9 cm³/mol. The van der Waals surface area contributed by atoms with Gasteiger partial charge >= 0.3 is 0 Å². The van der Waals surface area contributed by atoms with Crippen molar-refractivity contribution in [3.05, 3.63) is 53.9 Å². The summed E-state index contributed by atoms with van der Waals surface area (Å²) >= 11 is 0. The molecule has 0 unspecified atom stereocenters. The molecule has 1 amide bonds. The van der Waals surface area contributed by atoms with Crippen molar-refractivity contribution in [2.45, 2.75) is 20.3 Å². The van der Waals surface area contributed by atoms with Crippen LogP contribution in [0, 0.1) is 0 Å². The van der Waals surface area contributed by atoms with E-state index >= 15 is 0 Å². The minimum atomic E-state index is -0.0270. The van der Waals surface area contributed by atoms with Crippen LogP contribution in [0.4, 0.5) is 5.95 Å². The van der Waals surface area contributed by atoms with Crippen molar-refractivity contribution in [3.8, 4) is 0 Å². The second kappa shape index (κ2) is 8.12. The van der Waals surface area contributed by atoms with Gasteiger partial charge in [-0.3, -0.25) is 4.79 Å². The number of hydrogen-bond donors (Lipinski definition) is 1. The standard InChI is InChI=1S/C17H22N4O/c1-3-21(4-2)16(22)15-12-19-17(20-13-15)18-11-10-14-8-6-5-7-9-14/h5-9,12-13H,3-4,10-11H2,1-2H3,(H,18,19,20). The molecule has 2 aromatic rings. The molecule has 116 valence electrons. The number of amides is 1. The normalized spacial score (nSPS) is 10.3. The molecule has 5 nitrogen and oxygen atoms in total. The number of hydrogen-bond acceptors (Lipinski definition) is 4. The lowest BCUT2D eigenvalue weighted by molar-refractivity contribution is 0.0772. The topological polar surface area (TPSA) is 58.1 Å². The molecule has 22 heavy (non-hydrogen) atoms. The number of benzene rings is 1. The summed E-state index contributed by atoms with van der Waals surface area (Å²) in [6, 6.07) is 10.2. The fraction of sp³-hybridized carbons (Fsp3) is 0.353. The third kappa shape index (κ3) is 4.28. The van der Waals surface area contributed by atoms with Crippen molar-refractivity contribution < 1.29 is 4.79 Å². The highest BCUT2D eigenvalue weighted by Crippen LogP contribution is 2.05. The molecule has 0 aliphatic carbocycles. The zero-order chi connectivity index (χ0) is 15.8. The van der Waals surface area contributed by atoms with Crippen LogP contribution in [-0.4, -0.2) is 40.4 Å². The second-order valence-corrected chi connectivity index (χ2v) is 4.94. The number of nitrogens with one attached hydrogen (secondary N) is 1. The first-order chi connectivity index (χ1) is 10.7. The Morgan fingerprint density at radius 3 is 2.32 bits per heavy atom. The van der Waals surface area contributed by atoms with E-state index < -0.39 is 0 Å². The average Bonchev–Trinajstić information content (AvgIpc) is 2.57. The van der Waals surface area contributed by atoms with Crippen LogP contribution in [0.5, 0.6) is 0 Å². The molecule has 0 aliphatic heterocycles. The van der Waals surface area contributed by atoms with Crippen molar-refractivity contribution in [3.63, 3.8) is 0 Å². The Labute approximate surface area is 131 Å². The van der Waals surface area contributed by atoms with Gasteiger partial charge in [-0.1, -0.05) is 30.3 Å². The number of nitrogens with zero attached hydrogens (tertiary/aromatic N) is 3. The van der Waals surface area contributed by atoms with Crippen LogP contribution in [0.3, 0.4) is 0 Å². The van der Waals surface area contributed by atoms with E-state index in [2.05, 4.69) is 27.4 Å². The lowest BCUT2D eigenvalue weighted by Gasteiger charge is -2.18. The molecule has 1 aromatic carbocycles. The first-order valence-electron chi connectivity index (χ1n) is 7.63. The zero-order valence-corrected chi connectivity index (χ0v) is 13.1. The molecule has 1 heterocycles. The Bertz CT molecular complexity index is 579. The van der Waals surface area contributed by atoms with E-state index in [0.29, 0.717) is 24.6 Å². The Kier molecular flexibility index (Phi) is 5.89. The van der Waals surface area contributed by atoms with Gasteiger partial charge in [-0.05, 0) is 25.8 Å². The highest BCUT2D eigenvalue weighted by molar-refractivity contribution is 5.93. The maximum absolute atomic E-state index is 12.1. The van der Waals surface area contributed by atoms with Gasteiger partial charge in [0.2, 0.25) is 5.95 Å². The molecule has 0 atom stereocenters. The van der Waals surface area contributed by atoms with Crippen LogP contribution in [0.2, 0.25) is 0 Å². The molecule has 0 bridgehead atoms. The molecule has 0 saturated heterocycles. The van der Waals surface area contributed by atoms with Crippen LogP contribution in [0.15, 0.2) is 42.7 Å². The van der Waals surface area contributed by atoms with E-state index in [1.807, 2.05) is 32.0 Å². The summed E-state index contributed by atoms with van der Waals surface area (Å²) < 4.78 is 0. The largest absolute Gasteiger partial charge is 0.354 e. The van der Waals surface area contributed by atoms with E-state index in [1.54, 1.807) is 17.3 Å². The summed E-state index contributed by atoms with van der Waals surface area (Å²) in [4.78, 5) is 22.3. The Morgan fingerprint density at radius 1 is 1.09 bits per heavy atom. The molecule has 0 aliphatic rings. The number of carbonyl (C=O) groups is 1. The Hall–Kier alpha value is -2.43. The van der Waals surface area contributed by atoms with Crippen LogP contribution in [0.1, 0.15) is 29.8 Å². The highest BCUT2D eigenvalue weighted by atomic mass is 16.2. The lowest BCUT2D eigenvalue weighted by Crippen LogP contribution is -2.30. The summed E-state index contributed by atoms with van der Waals surface area (Å²) in [5, 5.41) is 3.17. The smallest absolute Gasteiger partial charge is 0.256 e. The average molecular weight is 298 g/mol. The van der Waals surface area contributed by atoms with Crippen LogP contribution in [-0.2, 0) is 6.42 Å². The van der Waals surface area contributed by atoms with Gasteiger partial charge in [0.05, 0.1) is 5.56 Å². The van der Waals surface area contributed by atoms with Crippen LogP contribution < -0.4 is 5.32 Å². The maximum Gasteiger partial charge on any atom is 0.256 e. The fourth-order valence-corrected chi connectivity index (χ4v) is 2.19. The van der Waals surface area contributed by atoms with Gasteiger partial charge in [0, 0.05) is 32.0 Å². The zero-order valence-electron chi connectivity index (χ0n) is 13.1. The molecular weight excluding hydrogens is 276 g/mol. The highest BCUT2D eigenvalue weighted by Gasteiger charge is 2.13. The summed E-state index contributed by atoms with van der Waals surface area (Å²) in [5.74, 6) is 0.521. The van der Waals surface area contributed by atoms with Gasteiger partial charge < -0.3 is 10.2 Å². The van der Waals surface area contributed by atoms with Gasteiger partial charge in [-0.15, -0.1) is 0 Å². The minimum absolute atomic E-state index is 0.0270. The van der Waals surface area contributed by atoms with Gasteiger partial charge in [0.15, 0.2) is 0 Å². The third-order valence-electron chi connectivity index (χ3n) is 3.49. The van der Waals surface area contributed by atoms with Crippen molar-refractivity contribution in [2.75, 3.05) is 25.0 Å². The van der Waals surface area contributed by atoms with Gasteiger partial charge in [0.25, 0.3) is 5.91 Å². The van der Waals surface area contributed by atoms with E-state index in [9.17, 15) is 4.79 Å². The summed E-state index contributed by atoms with van der Waals surface area (Å²) in [7, 11) is 0. The number of rotatable bonds is 7. The van der Waals surface area contributed by atoms with Crippen LogP contribution >= 0.6 is 0 Å². The summed E-state index contributed by atoms with van der Waals surface area (Å²) in [6.45, 7) is 6.05. The minimum Gasteiger partial charge on any atom is -0.354 e. The molecule has 1 aromatic heterocycles.